The fraction of sp³-hybridized carbons (Fsp3) is 0.579. The molecule has 3 saturated heterocycles. The highest BCUT2D eigenvalue weighted by Crippen LogP contribution is 2.42. The number of carbonyl (C=O) groups is 1. The van der Waals surface area contributed by atoms with Crippen LogP contribution in [-0.4, -0.2) is 52.9 Å². The number of hydrogen-bond acceptors (Lipinski definition) is 4. The van der Waals surface area contributed by atoms with Crippen LogP contribution < -0.4 is 10.6 Å². The summed E-state index contributed by atoms with van der Waals surface area (Å²) in [4.78, 5) is 15.5. The second-order valence-electron chi connectivity index (χ2n) is 7.34. The van der Waals surface area contributed by atoms with Gasteiger partial charge in [0.2, 0.25) is 0 Å². The van der Waals surface area contributed by atoms with E-state index in [9.17, 15) is 4.79 Å². The molecule has 0 aliphatic carbocycles. The number of piperidine rings is 3. The van der Waals surface area contributed by atoms with Gasteiger partial charge in [-0.25, -0.2) is 4.79 Å². The maximum Gasteiger partial charge on any atom is 0.314 e. The molecule has 0 spiro atoms. The van der Waals surface area contributed by atoms with Gasteiger partial charge in [-0.2, -0.15) is 5.10 Å². The van der Waals surface area contributed by atoms with Crippen molar-refractivity contribution in [1.82, 2.24) is 25.3 Å². The van der Waals surface area contributed by atoms with Gasteiger partial charge >= 0.3 is 6.03 Å². The number of nitrogens with zero attached hydrogens (tertiary/aromatic N) is 3. The Hall–Kier alpha value is -1.86. The SMILES string of the molecule is CCNC(=O)NC[C@H]1C[C@H]2CCN1C[C@@H]2c1cc(-c2cccs2)nn1C. The Balaban J connectivity index is 1.44. The van der Waals surface area contributed by atoms with E-state index in [-0.39, 0.29) is 6.03 Å². The highest BCUT2D eigenvalue weighted by Gasteiger charge is 2.41. The van der Waals surface area contributed by atoms with Crippen LogP contribution in [0.3, 0.4) is 0 Å². The molecule has 1 unspecified atom stereocenters. The molecule has 26 heavy (non-hydrogen) atoms. The van der Waals surface area contributed by atoms with Crippen molar-refractivity contribution in [3.8, 4) is 10.6 Å². The van der Waals surface area contributed by atoms with E-state index in [0.717, 1.165) is 31.7 Å². The van der Waals surface area contributed by atoms with E-state index in [1.54, 1.807) is 11.3 Å². The van der Waals surface area contributed by atoms with Gasteiger partial charge in [0.1, 0.15) is 5.69 Å². The molecule has 3 aliphatic rings. The van der Waals surface area contributed by atoms with Crippen molar-refractivity contribution in [3.63, 3.8) is 0 Å². The molecule has 6 nitrogen and oxygen atoms in total. The van der Waals surface area contributed by atoms with Crippen LogP contribution in [0.1, 0.15) is 31.4 Å². The molecule has 2 N–H and O–H groups in total. The van der Waals surface area contributed by atoms with Crippen LogP contribution in [-0.2, 0) is 7.05 Å². The Kier molecular flexibility index (Phi) is 5.00. The molecule has 0 radical (unpaired) electrons. The number of carbonyl (C=O) groups excluding carboxylic acids is 1. The van der Waals surface area contributed by atoms with Gasteiger partial charge in [0.25, 0.3) is 0 Å². The van der Waals surface area contributed by atoms with Crippen LogP contribution in [0, 0.1) is 5.92 Å². The molecule has 3 fully saturated rings. The van der Waals surface area contributed by atoms with Gasteiger partial charge in [-0.05, 0) is 49.7 Å². The number of nitrogens with one attached hydrogen (secondary N) is 2. The number of aryl methyl sites for hydroxylation is 1. The maximum absolute atomic E-state index is 11.7. The van der Waals surface area contributed by atoms with Crippen LogP contribution >= 0.6 is 11.3 Å². The summed E-state index contributed by atoms with van der Waals surface area (Å²) in [7, 11) is 2.07. The lowest BCUT2D eigenvalue weighted by atomic mass is 9.74. The molecule has 7 heteroatoms. The first-order chi connectivity index (χ1) is 12.7. The van der Waals surface area contributed by atoms with E-state index >= 15 is 0 Å². The second-order valence-corrected chi connectivity index (χ2v) is 8.28. The summed E-state index contributed by atoms with van der Waals surface area (Å²) in [5.74, 6) is 1.21. The molecule has 0 saturated carbocycles. The van der Waals surface area contributed by atoms with Gasteiger partial charge < -0.3 is 10.6 Å². The number of fused-ring (bicyclic) bond motifs is 3. The van der Waals surface area contributed by atoms with Gasteiger partial charge in [0.05, 0.1) is 4.88 Å². The van der Waals surface area contributed by atoms with Gasteiger partial charge in [-0.1, -0.05) is 6.07 Å². The fourth-order valence-corrected chi connectivity index (χ4v) is 5.17. The van der Waals surface area contributed by atoms with Gasteiger partial charge in [0, 0.05) is 44.3 Å². The summed E-state index contributed by atoms with van der Waals surface area (Å²) in [6.45, 7) is 5.54. The number of amides is 2. The first-order valence-corrected chi connectivity index (χ1v) is 10.4. The largest absolute Gasteiger partial charge is 0.338 e. The quantitative estimate of drug-likeness (QED) is 0.847. The van der Waals surface area contributed by atoms with Crippen molar-refractivity contribution >= 4 is 17.4 Å². The number of rotatable bonds is 5. The Bertz CT molecular complexity index is 756. The van der Waals surface area contributed by atoms with E-state index in [1.165, 1.54) is 17.0 Å². The molecular formula is C19H27N5OS. The standard InChI is InChI=1S/C19H27N5OS/c1-3-20-19(25)21-11-14-9-13-6-7-24(14)12-15(13)17-10-16(22-23(17)2)18-5-4-8-26-18/h4-5,8,10,13-15H,3,6-7,9,11-12H2,1-2H3,(H2,20,21,25)/t13-,14-,15+/m1/s1. The lowest BCUT2D eigenvalue weighted by molar-refractivity contribution is 0.0294. The summed E-state index contributed by atoms with van der Waals surface area (Å²) in [5, 5.41) is 12.7. The molecule has 2 amide bonds. The topological polar surface area (TPSA) is 62.2 Å². The lowest BCUT2D eigenvalue weighted by Gasteiger charge is -2.49. The van der Waals surface area contributed by atoms with Crippen molar-refractivity contribution in [2.75, 3.05) is 26.2 Å². The fourth-order valence-electron chi connectivity index (χ4n) is 4.49. The molecule has 4 atom stereocenters. The highest BCUT2D eigenvalue weighted by atomic mass is 32.1. The summed E-state index contributed by atoms with van der Waals surface area (Å²) in [6, 6.07) is 6.89. The van der Waals surface area contributed by atoms with Crippen LogP contribution in [0.15, 0.2) is 23.6 Å². The Morgan fingerprint density at radius 2 is 2.31 bits per heavy atom. The van der Waals surface area contributed by atoms with Crippen molar-refractivity contribution in [2.45, 2.75) is 31.7 Å². The first kappa shape index (κ1) is 17.5. The molecule has 2 aromatic rings. The molecule has 2 aromatic heterocycles. The van der Waals surface area contributed by atoms with Crippen LogP contribution in [0.2, 0.25) is 0 Å². The Labute approximate surface area is 158 Å². The van der Waals surface area contributed by atoms with Crippen molar-refractivity contribution in [3.05, 3.63) is 29.3 Å². The minimum Gasteiger partial charge on any atom is -0.338 e. The van der Waals surface area contributed by atoms with Crippen molar-refractivity contribution in [1.29, 1.82) is 0 Å². The molecule has 5 heterocycles. The van der Waals surface area contributed by atoms with Crippen LogP contribution in [0.5, 0.6) is 0 Å². The van der Waals surface area contributed by atoms with Crippen molar-refractivity contribution < 1.29 is 4.79 Å². The zero-order chi connectivity index (χ0) is 18.1. The smallest absolute Gasteiger partial charge is 0.314 e. The van der Waals surface area contributed by atoms with E-state index in [0.29, 0.717) is 24.4 Å². The minimum atomic E-state index is -0.0566. The summed E-state index contributed by atoms with van der Waals surface area (Å²) >= 11 is 1.74. The zero-order valence-electron chi connectivity index (χ0n) is 15.4. The number of urea groups is 1. The number of hydrogen-bond donors (Lipinski definition) is 2. The van der Waals surface area contributed by atoms with Crippen LogP contribution in [0.25, 0.3) is 10.6 Å². The van der Waals surface area contributed by atoms with Crippen molar-refractivity contribution in [2.24, 2.45) is 13.0 Å². The molecule has 3 aliphatic heterocycles. The molecule has 5 rings (SSSR count). The molecule has 140 valence electrons. The predicted molar refractivity (Wildman–Crippen MR) is 104 cm³/mol. The van der Waals surface area contributed by atoms with E-state index in [2.05, 4.69) is 50.8 Å². The number of thiophene rings is 1. The molecule has 0 aromatic carbocycles. The summed E-state index contributed by atoms with van der Waals surface area (Å²) in [6.07, 6.45) is 2.39. The summed E-state index contributed by atoms with van der Waals surface area (Å²) < 4.78 is 2.07. The van der Waals surface area contributed by atoms with E-state index in [4.69, 9.17) is 5.10 Å². The normalized spacial score (nSPS) is 27.5. The minimum absolute atomic E-state index is 0.0566. The average molecular weight is 374 g/mol. The van der Waals surface area contributed by atoms with Gasteiger partial charge in [-0.3, -0.25) is 9.58 Å². The third-order valence-corrected chi connectivity index (χ3v) is 6.68. The maximum atomic E-state index is 11.7. The Morgan fingerprint density at radius 1 is 1.42 bits per heavy atom. The van der Waals surface area contributed by atoms with Gasteiger partial charge in [0.15, 0.2) is 0 Å². The second kappa shape index (κ2) is 7.40. The van der Waals surface area contributed by atoms with Crippen LogP contribution in [0.4, 0.5) is 4.79 Å². The molecular weight excluding hydrogens is 346 g/mol. The summed E-state index contributed by atoms with van der Waals surface area (Å²) in [5.41, 5.74) is 2.43. The lowest BCUT2D eigenvalue weighted by Crippen LogP contribution is -2.56. The molecule has 2 bridgehead atoms. The van der Waals surface area contributed by atoms with E-state index in [1.807, 2.05) is 6.92 Å². The van der Waals surface area contributed by atoms with Gasteiger partial charge in [-0.15, -0.1) is 11.3 Å². The predicted octanol–water partition coefficient (Wildman–Crippen LogP) is 2.65. The Morgan fingerprint density at radius 3 is 3.00 bits per heavy atom. The monoisotopic (exact) mass is 373 g/mol. The first-order valence-electron chi connectivity index (χ1n) is 9.49. The third kappa shape index (κ3) is 3.38. The third-order valence-electron chi connectivity index (χ3n) is 5.78. The zero-order valence-corrected chi connectivity index (χ0v) is 16.3. The van der Waals surface area contributed by atoms with E-state index < -0.39 is 0 Å². The number of aromatic nitrogens is 2. The highest BCUT2D eigenvalue weighted by molar-refractivity contribution is 7.13. The average Bonchev–Trinajstić information content (AvgIpc) is 3.30.